The number of carbonyl (C=O) groups excluding carboxylic acids is 2. The van der Waals surface area contributed by atoms with Gasteiger partial charge in [-0.2, -0.15) is 0 Å². The largest absolute Gasteiger partial charge is 0.332 e. The molecule has 160 valence electrons. The van der Waals surface area contributed by atoms with Crippen molar-refractivity contribution in [3.05, 3.63) is 82.5 Å². The van der Waals surface area contributed by atoms with Crippen LogP contribution < -0.4 is 5.32 Å². The monoisotopic (exact) mass is 433 g/mol. The zero-order valence-corrected chi connectivity index (χ0v) is 19.3. The second-order valence-electron chi connectivity index (χ2n) is 7.68. The van der Waals surface area contributed by atoms with Gasteiger partial charge in [0.15, 0.2) is 0 Å². The summed E-state index contributed by atoms with van der Waals surface area (Å²) in [7, 11) is 1.63. The van der Waals surface area contributed by atoms with E-state index in [-0.39, 0.29) is 18.4 Å². The van der Waals surface area contributed by atoms with Gasteiger partial charge in [-0.25, -0.2) is 4.98 Å². The van der Waals surface area contributed by atoms with Crippen molar-refractivity contribution in [2.45, 2.75) is 37.6 Å². The summed E-state index contributed by atoms with van der Waals surface area (Å²) >= 11 is 1.45. The van der Waals surface area contributed by atoms with E-state index in [1.807, 2.05) is 38.1 Å². The molecule has 1 N–H and O–H groups in total. The molecule has 0 saturated heterocycles. The third kappa shape index (κ3) is 5.52. The van der Waals surface area contributed by atoms with Crippen LogP contribution in [0, 0.1) is 27.7 Å². The Labute approximate surface area is 187 Å². The molecule has 0 aliphatic rings. The SMILES string of the molecule is Cc1ccc(Sc2ncccc2C(=O)N(C)CC(=O)Nc2c(C)cccc2C)cc1C. The van der Waals surface area contributed by atoms with Crippen molar-refractivity contribution >= 4 is 29.3 Å². The Morgan fingerprint density at radius 1 is 0.935 bits per heavy atom. The fourth-order valence-corrected chi connectivity index (χ4v) is 4.18. The number of para-hydroxylation sites is 1. The Bertz CT molecular complexity index is 1110. The second-order valence-corrected chi connectivity index (χ2v) is 8.74. The topological polar surface area (TPSA) is 62.3 Å². The van der Waals surface area contributed by atoms with Gasteiger partial charge in [0.25, 0.3) is 5.91 Å². The summed E-state index contributed by atoms with van der Waals surface area (Å²) in [6, 6.07) is 15.5. The maximum Gasteiger partial charge on any atom is 0.256 e. The van der Waals surface area contributed by atoms with Crippen molar-refractivity contribution < 1.29 is 9.59 Å². The number of hydrogen-bond donors (Lipinski definition) is 1. The Morgan fingerprint density at radius 2 is 1.65 bits per heavy atom. The van der Waals surface area contributed by atoms with Crippen molar-refractivity contribution in [3.8, 4) is 0 Å². The number of nitrogens with zero attached hydrogens (tertiary/aromatic N) is 2. The average Bonchev–Trinajstić information content (AvgIpc) is 2.73. The van der Waals surface area contributed by atoms with Crippen LogP contribution in [0.5, 0.6) is 0 Å². The number of amides is 2. The lowest BCUT2D eigenvalue weighted by atomic mass is 10.1. The molecule has 1 aromatic heterocycles. The van der Waals surface area contributed by atoms with Crippen LogP contribution in [-0.2, 0) is 4.79 Å². The number of rotatable bonds is 6. The molecule has 1 heterocycles. The van der Waals surface area contributed by atoms with E-state index in [9.17, 15) is 9.59 Å². The number of carbonyl (C=O) groups is 2. The Balaban J connectivity index is 1.73. The van der Waals surface area contributed by atoms with E-state index in [0.29, 0.717) is 10.6 Å². The van der Waals surface area contributed by atoms with Crippen LogP contribution in [0.2, 0.25) is 0 Å². The highest BCUT2D eigenvalue weighted by Gasteiger charge is 2.20. The number of aromatic nitrogens is 1. The van der Waals surface area contributed by atoms with Gasteiger partial charge in [0.2, 0.25) is 5.91 Å². The number of likely N-dealkylation sites (N-methyl/N-ethyl adjacent to an activating group) is 1. The lowest BCUT2D eigenvalue weighted by Crippen LogP contribution is -2.35. The molecule has 0 fully saturated rings. The quantitative estimate of drug-likeness (QED) is 0.582. The molecule has 3 rings (SSSR count). The Morgan fingerprint density at radius 3 is 2.32 bits per heavy atom. The highest BCUT2D eigenvalue weighted by atomic mass is 32.2. The van der Waals surface area contributed by atoms with Crippen LogP contribution in [0.1, 0.15) is 32.6 Å². The molecule has 0 bridgehead atoms. The van der Waals surface area contributed by atoms with Crippen molar-refractivity contribution in [2.75, 3.05) is 18.9 Å². The van der Waals surface area contributed by atoms with Crippen molar-refractivity contribution in [1.29, 1.82) is 0 Å². The first-order valence-corrected chi connectivity index (χ1v) is 10.9. The molecular weight excluding hydrogens is 406 g/mol. The molecule has 2 aromatic carbocycles. The molecule has 0 unspecified atom stereocenters. The number of hydrogen-bond acceptors (Lipinski definition) is 4. The van der Waals surface area contributed by atoms with Gasteiger partial charge in [-0.3, -0.25) is 9.59 Å². The minimum Gasteiger partial charge on any atom is -0.332 e. The van der Waals surface area contributed by atoms with E-state index in [0.717, 1.165) is 21.7 Å². The first kappa shape index (κ1) is 22.6. The maximum absolute atomic E-state index is 13.1. The molecule has 3 aromatic rings. The summed E-state index contributed by atoms with van der Waals surface area (Å²) in [6.07, 6.45) is 1.67. The molecule has 0 saturated carbocycles. The van der Waals surface area contributed by atoms with Gasteiger partial charge in [0.05, 0.1) is 12.1 Å². The van der Waals surface area contributed by atoms with Gasteiger partial charge < -0.3 is 10.2 Å². The molecule has 0 aliphatic heterocycles. The lowest BCUT2D eigenvalue weighted by Gasteiger charge is -2.19. The summed E-state index contributed by atoms with van der Waals surface area (Å²) in [5.74, 6) is -0.475. The zero-order chi connectivity index (χ0) is 22.5. The third-order valence-electron chi connectivity index (χ3n) is 5.17. The fraction of sp³-hybridized carbons (Fsp3) is 0.240. The summed E-state index contributed by atoms with van der Waals surface area (Å²) in [5.41, 5.74) is 5.66. The van der Waals surface area contributed by atoms with Crippen LogP contribution >= 0.6 is 11.8 Å². The highest BCUT2D eigenvalue weighted by molar-refractivity contribution is 7.99. The predicted octanol–water partition coefficient (Wildman–Crippen LogP) is 5.18. The Hall–Kier alpha value is -3.12. The number of aryl methyl sites for hydroxylation is 4. The van der Waals surface area contributed by atoms with Crippen molar-refractivity contribution in [3.63, 3.8) is 0 Å². The summed E-state index contributed by atoms with van der Waals surface area (Å²) in [4.78, 5) is 32.5. The molecule has 0 spiro atoms. The number of benzene rings is 2. The molecular formula is C25H27N3O2S. The summed E-state index contributed by atoms with van der Waals surface area (Å²) in [6.45, 7) is 7.98. The number of nitrogens with one attached hydrogen (secondary N) is 1. The third-order valence-corrected chi connectivity index (χ3v) is 6.18. The van der Waals surface area contributed by atoms with E-state index in [2.05, 4.69) is 36.3 Å². The molecule has 0 radical (unpaired) electrons. The number of anilines is 1. The van der Waals surface area contributed by atoms with Crippen LogP contribution in [-0.4, -0.2) is 35.3 Å². The second kappa shape index (κ2) is 9.79. The normalized spacial score (nSPS) is 10.6. The van der Waals surface area contributed by atoms with Gasteiger partial charge >= 0.3 is 0 Å². The smallest absolute Gasteiger partial charge is 0.256 e. The molecule has 5 nitrogen and oxygen atoms in total. The van der Waals surface area contributed by atoms with Crippen LogP contribution in [0.4, 0.5) is 5.69 Å². The minimum absolute atomic E-state index is 0.0464. The average molecular weight is 434 g/mol. The van der Waals surface area contributed by atoms with Gasteiger partial charge in [0, 0.05) is 23.8 Å². The van der Waals surface area contributed by atoms with E-state index in [4.69, 9.17) is 0 Å². The van der Waals surface area contributed by atoms with E-state index in [1.54, 1.807) is 25.4 Å². The van der Waals surface area contributed by atoms with Crippen molar-refractivity contribution in [1.82, 2.24) is 9.88 Å². The van der Waals surface area contributed by atoms with Crippen molar-refractivity contribution in [2.24, 2.45) is 0 Å². The Kier molecular flexibility index (Phi) is 7.13. The van der Waals surface area contributed by atoms with Crippen LogP contribution in [0.25, 0.3) is 0 Å². The summed E-state index contributed by atoms with van der Waals surface area (Å²) < 4.78 is 0. The van der Waals surface area contributed by atoms with Gasteiger partial charge in [-0.15, -0.1) is 0 Å². The van der Waals surface area contributed by atoms with E-state index in [1.165, 1.54) is 27.8 Å². The fourth-order valence-electron chi connectivity index (χ4n) is 3.21. The van der Waals surface area contributed by atoms with Crippen LogP contribution in [0.3, 0.4) is 0 Å². The number of pyridine rings is 1. The summed E-state index contributed by atoms with van der Waals surface area (Å²) in [5, 5.41) is 3.55. The zero-order valence-electron chi connectivity index (χ0n) is 18.5. The molecule has 6 heteroatoms. The van der Waals surface area contributed by atoms with E-state index < -0.39 is 0 Å². The first-order valence-electron chi connectivity index (χ1n) is 10.1. The molecule has 31 heavy (non-hydrogen) atoms. The van der Waals surface area contributed by atoms with E-state index >= 15 is 0 Å². The van der Waals surface area contributed by atoms with Gasteiger partial charge in [-0.05, 0) is 74.2 Å². The maximum atomic E-state index is 13.1. The molecule has 2 amide bonds. The molecule has 0 aliphatic carbocycles. The first-order chi connectivity index (χ1) is 14.8. The minimum atomic E-state index is -0.240. The van der Waals surface area contributed by atoms with Gasteiger partial charge in [-0.1, -0.05) is 36.0 Å². The standard InChI is InChI=1S/C25H27N3O2S/c1-16-11-12-20(14-19(16)4)31-24-21(10-7-13-26-24)25(30)28(5)15-22(29)27-23-17(2)8-6-9-18(23)3/h6-14H,15H2,1-5H3,(H,27,29). The highest BCUT2D eigenvalue weighted by Crippen LogP contribution is 2.30. The van der Waals surface area contributed by atoms with Crippen LogP contribution in [0.15, 0.2) is 64.6 Å². The molecule has 0 atom stereocenters. The predicted molar refractivity (Wildman–Crippen MR) is 126 cm³/mol. The lowest BCUT2D eigenvalue weighted by molar-refractivity contribution is -0.116. The van der Waals surface area contributed by atoms with Gasteiger partial charge in [0.1, 0.15) is 5.03 Å².